The van der Waals surface area contributed by atoms with Crippen molar-refractivity contribution in [2.45, 2.75) is 69.7 Å². The molecule has 160 valence electrons. The largest absolute Gasteiger partial charge is 0.377 e. The van der Waals surface area contributed by atoms with Gasteiger partial charge in [0.15, 0.2) is 5.96 Å². The molecule has 2 saturated carbocycles. The lowest BCUT2D eigenvalue weighted by Crippen LogP contribution is -2.61. The second kappa shape index (κ2) is 9.10. The summed E-state index contributed by atoms with van der Waals surface area (Å²) in [5.41, 5.74) is 8.09. The minimum absolute atomic E-state index is 0. The van der Waals surface area contributed by atoms with Crippen LogP contribution in [0.5, 0.6) is 0 Å². The van der Waals surface area contributed by atoms with Crippen molar-refractivity contribution in [1.29, 1.82) is 0 Å². The van der Waals surface area contributed by atoms with Gasteiger partial charge in [-0.05, 0) is 37.7 Å². The van der Waals surface area contributed by atoms with E-state index < -0.39 is 0 Å². The number of nitrogens with one attached hydrogen (secondary N) is 1. The molecule has 0 bridgehead atoms. The molecule has 3 atom stereocenters. The Bertz CT molecular complexity index is 698. The molecule has 0 radical (unpaired) electrons. The predicted molar refractivity (Wildman–Crippen MR) is 127 cm³/mol. The minimum Gasteiger partial charge on any atom is -0.377 e. The third-order valence-corrected chi connectivity index (χ3v) is 7.70. The van der Waals surface area contributed by atoms with Crippen molar-refractivity contribution in [2.24, 2.45) is 22.1 Å². The Kier molecular flexibility index (Phi) is 6.71. The van der Waals surface area contributed by atoms with Crippen LogP contribution in [0.2, 0.25) is 0 Å². The van der Waals surface area contributed by atoms with Gasteiger partial charge >= 0.3 is 0 Å². The average Bonchev–Trinajstić information content (AvgIpc) is 3.38. The van der Waals surface area contributed by atoms with E-state index in [0.29, 0.717) is 35.5 Å². The maximum atomic E-state index is 6.39. The Morgan fingerprint density at radius 2 is 1.86 bits per heavy atom. The molecule has 2 heterocycles. The molecule has 29 heavy (non-hydrogen) atoms. The van der Waals surface area contributed by atoms with Crippen LogP contribution in [0.15, 0.2) is 35.3 Å². The zero-order valence-electron chi connectivity index (χ0n) is 17.3. The van der Waals surface area contributed by atoms with Crippen molar-refractivity contribution in [1.82, 2.24) is 10.2 Å². The first-order valence-electron chi connectivity index (χ1n) is 11.2. The molecule has 4 fully saturated rings. The fourth-order valence-electron chi connectivity index (χ4n) is 6.31. The Hall–Kier alpha value is -0.860. The molecule has 1 aromatic rings. The van der Waals surface area contributed by atoms with Crippen molar-refractivity contribution in [3.63, 3.8) is 0 Å². The van der Waals surface area contributed by atoms with Gasteiger partial charge in [0.2, 0.25) is 0 Å². The standard InChI is InChI=1S/C23H34N4O.HI/c24-22(26-20-19-10-15-28-21(19)23(20)11-4-5-12-23)25-18-8-13-27(14-9-18)16-17-6-2-1-3-7-17;/h1-3,6-7,18-21H,4-5,8-16H2,(H3,24,25,26);1H. The number of ether oxygens (including phenoxy) is 1. The highest BCUT2D eigenvalue weighted by atomic mass is 127. The number of likely N-dealkylation sites (tertiary alicyclic amines) is 1. The number of benzene rings is 1. The van der Waals surface area contributed by atoms with Gasteiger partial charge in [0.1, 0.15) is 0 Å². The van der Waals surface area contributed by atoms with Gasteiger partial charge in [-0.25, -0.2) is 4.99 Å². The van der Waals surface area contributed by atoms with E-state index in [1.807, 2.05) is 0 Å². The smallest absolute Gasteiger partial charge is 0.189 e. The quantitative estimate of drug-likeness (QED) is 0.370. The molecule has 5 rings (SSSR count). The normalized spacial score (nSPS) is 31.9. The van der Waals surface area contributed by atoms with Crippen LogP contribution >= 0.6 is 24.0 Å². The lowest BCUT2D eigenvalue weighted by molar-refractivity contribution is -0.117. The number of fused-ring (bicyclic) bond motifs is 2. The molecule has 0 aromatic heterocycles. The summed E-state index contributed by atoms with van der Waals surface area (Å²) in [4.78, 5) is 7.57. The topological polar surface area (TPSA) is 62.9 Å². The Balaban J connectivity index is 0.00000205. The molecule has 3 unspecified atom stereocenters. The summed E-state index contributed by atoms with van der Waals surface area (Å²) in [6, 6.07) is 11.6. The molecule has 1 aromatic carbocycles. The number of hydrogen-bond acceptors (Lipinski definition) is 3. The maximum absolute atomic E-state index is 6.39. The van der Waals surface area contributed by atoms with E-state index in [-0.39, 0.29) is 24.0 Å². The highest BCUT2D eigenvalue weighted by molar-refractivity contribution is 14.0. The van der Waals surface area contributed by atoms with Crippen LogP contribution in [0.25, 0.3) is 0 Å². The van der Waals surface area contributed by atoms with Gasteiger partial charge in [-0.2, -0.15) is 0 Å². The number of nitrogens with zero attached hydrogens (tertiary/aromatic N) is 2. The second-order valence-corrected chi connectivity index (χ2v) is 9.32. The van der Waals surface area contributed by atoms with Crippen molar-refractivity contribution in [3.8, 4) is 0 Å². The van der Waals surface area contributed by atoms with Gasteiger partial charge in [-0.15, -0.1) is 24.0 Å². The van der Waals surface area contributed by atoms with E-state index in [4.69, 9.17) is 15.5 Å². The first-order valence-corrected chi connectivity index (χ1v) is 11.2. The number of aliphatic imine (C=N–C) groups is 1. The van der Waals surface area contributed by atoms with E-state index in [1.165, 1.54) is 31.2 Å². The monoisotopic (exact) mass is 510 g/mol. The second-order valence-electron chi connectivity index (χ2n) is 9.32. The fourth-order valence-corrected chi connectivity index (χ4v) is 6.31. The number of nitrogens with two attached hydrogens (primary N) is 1. The Morgan fingerprint density at radius 1 is 1.14 bits per heavy atom. The maximum Gasteiger partial charge on any atom is 0.189 e. The van der Waals surface area contributed by atoms with Crippen LogP contribution in [-0.2, 0) is 11.3 Å². The van der Waals surface area contributed by atoms with E-state index in [0.717, 1.165) is 45.5 Å². The number of guanidine groups is 1. The van der Waals surface area contributed by atoms with Crippen LogP contribution in [0.1, 0.15) is 50.5 Å². The Labute approximate surface area is 191 Å². The summed E-state index contributed by atoms with van der Waals surface area (Å²) in [6.45, 7) is 4.19. The number of hydrogen-bond donors (Lipinski definition) is 2. The summed E-state index contributed by atoms with van der Waals surface area (Å²) < 4.78 is 6.08. The van der Waals surface area contributed by atoms with Gasteiger partial charge in [0, 0.05) is 43.6 Å². The molecule has 5 nitrogen and oxygen atoms in total. The fraction of sp³-hybridized carbons (Fsp3) is 0.696. The third kappa shape index (κ3) is 4.17. The average molecular weight is 510 g/mol. The highest BCUT2D eigenvalue weighted by Crippen LogP contribution is 2.62. The summed E-state index contributed by atoms with van der Waals surface area (Å²) in [5, 5.41) is 3.55. The van der Waals surface area contributed by atoms with Crippen LogP contribution in [0.3, 0.4) is 0 Å². The highest BCUT2D eigenvalue weighted by Gasteiger charge is 2.65. The molecule has 4 aliphatic rings. The van der Waals surface area contributed by atoms with E-state index in [2.05, 4.69) is 40.5 Å². The van der Waals surface area contributed by atoms with Crippen molar-refractivity contribution in [2.75, 3.05) is 19.7 Å². The number of halogens is 1. The van der Waals surface area contributed by atoms with Crippen LogP contribution in [-0.4, -0.2) is 48.7 Å². The molecule has 0 amide bonds. The van der Waals surface area contributed by atoms with Gasteiger partial charge < -0.3 is 15.8 Å². The Morgan fingerprint density at radius 3 is 2.59 bits per heavy atom. The number of piperidine rings is 1. The summed E-state index contributed by atoms with van der Waals surface area (Å²) in [6.07, 6.45) is 9.07. The van der Waals surface area contributed by atoms with Crippen LogP contribution < -0.4 is 11.1 Å². The SMILES string of the molecule is I.NC(=NC1C2CCOC2C12CCCC2)NC1CCN(Cc2ccccc2)CC1. The zero-order chi connectivity index (χ0) is 19.0. The molecule has 6 heteroatoms. The molecule has 2 aliphatic carbocycles. The summed E-state index contributed by atoms with van der Waals surface area (Å²) in [5.74, 6) is 1.27. The van der Waals surface area contributed by atoms with Crippen molar-refractivity contribution >= 4 is 29.9 Å². The summed E-state index contributed by atoms with van der Waals surface area (Å²) in [7, 11) is 0. The number of rotatable bonds is 4. The molecule has 2 saturated heterocycles. The van der Waals surface area contributed by atoms with Crippen LogP contribution in [0.4, 0.5) is 0 Å². The minimum atomic E-state index is 0. The molecule has 3 N–H and O–H groups in total. The van der Waals surface area contributed by atoms with Crippen LogP contribution in [0, 0.1) is 11.3 Å². The van der Waals surface area contributed by atoms with E-state index in [9.17, 15) is 0 Å². The third-order valence-electron chi connectivity index (χ3n) is 7.70. The lowest BCUT2D eigenvalue weighted by atomic mass is 9.54. The molecular formula is C23H35IN4O. The van der Waals surface area contributed by atoms with Gasteiger partial charge in [-0.3, -0.25) is 4.90 Å². The van der Waals surface area contributed by atoms with Gasteiger partial charge in [0.05, 0.1) is 12.1 Å². The lowest BCUT2D eigenvalue weighted by Gasteiger charge is -2.54. The first kappa shape index (κ1) is 21.4. The predicted octanol–water partition coefficient (Wildman–Crippen LogP) is 3.52. The van der Waals surface area contributed by atoms with Crippen molar-refractivity contribution < 1.29 is 4.74 Å². The first-order chi connectivity index (χ1) is 13.7. The molecule has 2 aliphatic heterocycles. The van der Waals surface area contributed by atoms with Gasteiger partial charge in [-0.1, -0.05) is 43.2 Å². The molecular weight excluding hydrogens is 475 g/mol. The summed E-state index contributed by atoms with van der Waals surface area (Å²) >= 11 is 0. The zero-order valence-corrected chi connectivity index (χ0v) is 19.6. The molecule has 1 spiro atoms. The van der Waals surface area contributed by atoms with E-state index in [1.54, 1.807) is 0 Å². The van der Waals surface area contributed by atoms with Crippen molar-refractivity contribution in [3.05, 3.63) is 35.9 Å². The van der Waals surface area contributed by atoms with Gasteiger partial charge in [0.25, 0.3) is 0 Å². The van der Waals surface area contributed by atoms with E-state index >= 15 is 0 Å².